The third kappa shape index (κ3) is 4.25. The van der Waals surface area contributed by atoms with E-state index in [1.54, 1.807) is 0 Å². The summed E-state index contributed by atoms with van der Waals surface area (Å²) < 4.78 is 73.2. The van der Waals surface area contributed by atoms with Crippen LogP contribution in [0.3, 0.4) is 0 Å². The smallest absolute Gasteiger partial charge is 0.311 e. The summed E-state index contributed by atoms with van der Waals surface area (Å²) in [5.74, 6) is -0.391. The molecule has 3 nitrogen and oxygen atoms in total. The molecule has 0 aliphatic rings. The van der Waals surface area contributed by atoms with Crippen molar-refractivity contribution in [2.24, 2.45) is 16.8 Å². The van der Waals surface area contributed by atoms with E-state index >= 15 is 0 Å². The second-order valence-corrected chi connectivity index (χ2v) is 3.27. The number of hydrazine groups is 1. The van der Waals surface area contributed by atoms with Gasteiger partial charge in [-0.1, -0.05) is 0 Å². The Hall–Kier alpha value is -0.990. The van der Waals surface area contributed by atoms with E-state index in [-0.39, 0.29) is 0 Å². The molecule has 0 heterocycles. The molecule has 0 amide bonds. The van der Waals surface area contributed by atoms with Crippen LogP contribution in [0.4, 0.5) is 26.3 Å². The average Bonchev–Trinajstić information content (AvgIpc) is 1.96. The van der Waals surface area contributed by atoms with E-state index in [1.165, 1.54) is 19.3 Å². The highest BCUT2D eigenvalue weighted by atomic mass is 19.4. The Balaban J connectivity index is 5.34. The lowest BCUT2D eigenvalue weighted by Gasteiger charge is -2.24. The topological polar surface area (TPSA) is 50.4 Å². The van der Waals surface area contributed by atoms with E-state index in [0.717, 1.165) is 0 Å². The van der Waals surface area contributed by atoms with Gasteiger partial charge in [-0.15, -0.1) is 0 Å². The minimum Gasteiger partial charge on any atom is -0.311 e. The van der Waals surface area contributed by atoms with Gasteiger partial charge in [0, 0.05) is 6.04 Å². The van der Waals surface area contributed by atoms with Gasteiger partial charge in [-0.2, -0.15) is 26.3 Å². The molecule has 0 aromatic rings. The van der Waals surface area contributed by atoms with Gasteiger partial charge in [-0.05, 0) is 13.8 Å². The standard InChI is InChI=1S/C7H11F6N3/c1-3(2)15-5(16-14)4(6(8,9)10)7(11,12)13/h3-4H,14H2,1-2H3,(H,15,16). The predicted molar refractivity (Wildman–Crippen MR) is 45.5 cm³/mol. The number of nitrogens with one attached hydrogen (secondary N) is 1. The molecule has 0 saturated heterocycles. The Morgan fingerprint density at radius 2 is 1.44 bits per heavy atom. The molecule has 96 valence electrons. The van der Waals surface area contributed by atoms with Crippen LogP contribution in [0.15, 0.2) is 4.99 Å². The zero-order valence-corrected chi connectivity index (χ0v) is 8.45. The summed E-state index contributed by atoms with van der Waals surface area (Å²) in [5.41, 5.74) is 1.36. The summed E-state index contributed by atoms with van der Waals surface area (Å²) >= 11 is 0. The number of rotatable bonds is 2. The molecule has 0 fully saturated rings. The molecule has 16 heavy (non-hydrogen) atoms. The normalized spacial score (nSPS) is 14.8. The van der Waals surface area contributed by atoms with E-state index in [2.05, 4.69) is 10.8 Å². The minimum absolute atomic E-state index is 0.738. The van der Waals surface area contributed by atoms with Crippen LogP contribution in [0.1, 0.15) is 13.8 Å². The largest absolute Gasteiger partial charge is 0.407 e. The van der Waals surface area contributed by atoms with Crippen molar-refractivity contribution in [3.8, 4) is 0 Å². The minimum atomic E-state index is -5.49. The van der Waals surface area contributed by atoms with Crippen LogP contribution >= 0.6 is 0 Å². The molecule has 0 bridgehead atoms. The molecule has 0 aromatic carbocycles. The number of alkyl halides is 6. The van der Waals surface area contributed by atoms with E-state index in [9.17, 15) is 26.3 Å². The number of nitrogens with two attached hydrogens (primary N) is 1. The van der Waals surface area contributed by atoms with Crippen LogP contribution in [-0.4, -0.2) is 24.2 Å². The fraction of sp³-hybridized carbons (Fsp3) is 0.857. The van der Waals surface area contributed by atoms with Gasteiger partial charge in [0.15, 0.2) is 0 Å². The first-order valence-corrected chi connectivity index (χ1v) is 4.18. The molecular formula is C7H11F6N3. The van der Waals surface area contributed by atoms with Crippen LogP contribution in [0.2, 0.25) is 0 Å². The number of hydrogen-bond donors (Lipinski definition) is 2. The molecule has 3 N–H and O–H groups in total. The van der Waals surface area contributed by atoms with Crippen molar-refractivity contribution in [3.05, 3.63) is 0 Å². The zero-order valence-electron chi connectivity index (χ0n) is 8.45. The summed E-state index contributed by atoms with van der Waals surface area (Å²) in [6, 6.07) is -0.738. The fourth-order valence-electron chi connectivity index (χ4n) is 0.969. The Kier molecular flexibility index (Phi) is 4.59. The Morgan fingerprint density at radius 1 is 1.06 bits per heavy atom. The van der Waals surface area contributed by atoms with Crippen LogP contribution in [0, 0.1) is 5.92 Å². The number of aliphatic imine (C=N–C) groups is 1. The van der Waals surface area contributed by atoms with Crippen molar-refractivity contribution in [2.45, 2.75) is 32.2 Å². The van der Waals surface area contributed by atoms with Gasteiger partial charge in [-0.3, -0.25) is 4.99 Å². The third-order valence-corrected chi connectivity index (χ3v) is 1.47. The quantitative estimate of drug-likeness (QED) is 0.259. The molecule has 0 spiro atoms. The van der Waals surface area contributed by atoms with Gasteiger partial charge in [0.25, 0.3) is 0 Å². The van der Waals surface area contributed by atoms with E-state index < -0.39 is 30.1 Å². The van der Waals surface area contributed by atoms with Gasteiger partial charge in [0.2, 0.25) is 5.92 Å². The van der Waals surface area contributed by atoms with Gasteiger partial charge in [-0.25, -0.2) is 5.84 Å². The Bertz CT molecular complexity index is 240. The summed E-state index contributed by atoms with van der Waals surface area (Å²) in [5, 5.41) is 0. The van der Waals surface area contributed by atoms with Crippen LogP contribution in [0.25, 0.3) is 0 Å². The first-order valence-electron chi connectivity index (χ1n) is 4.18. The Morgan fingerprint density at radius 3 is 1.62 bits per heavy atom. The van der Waals surface area contributed by atoms with Gasteiger partial charge in [0.1, 0.15) is 5.84 Å². The lowest BCUT2D eigenvalue weighted by molar-refractivity contribution is -0.261. The summed E-state index contributed by atoms with van der Waals surface area (Å²) in [6.45, 7) is 2.67. The van der Waals surface area contributed by atoms with E-state index in [4.69, 9.17) is 0 Å². The number of nitrogens with zero attached hydrogens (tertiary/aromatic N) is 1. The number of amidine groups is 1. The molecule has 0 unspecified atom stereocenters. The van der Waals surface area contributed by atoms with Gasteiger partial charge >= 0.3 is 12.4 Å². The third-order valence-electron chi connectivity index (χ3n) is 1.47. The van der Waals surface area contributed by atoms with Crippen LogP contribution < -0.4 is 11.3 Å². The maximum Gasteiger partial charge on any atom is 0.407 e. The zero-order chi connectivity index (χ0) is 13.1. The van der Waals surface area contributed by atoms with E-state index in [1.807, 2.05) is 0 Å². The summed E-state index contributed by atoms with van der Waals surface area (Å²) in [6.07, 6.45) is -11.0. The van der Waals surface area contributed by atoms with Crippen LogP contribution in [-0.2, 0) is 0 Å². The number of halogens is 6. The van der Waals surface area contributed by atoms with Crippen LogP contribution in [0.5, 0.6) is 0 Å². The average molecular weight is 251 g/mol. The molecule has 0 aromatic heterocycles. The second-order valence-electron chi connectivity index (χ2n) is 3.27. The molecule has 9 heteroatoms. The van der Waals surface area contributed by atoms with Crippen molar-refractivity contribution in [1.29, 1.82) is 0 Å². The molecular weight excluding hydrogens is 240 g/mol. The van der Waals surface area contributed by atoms with Crippen molar-refractivity contribution in [3.63, 3.8) is 0 Å². The van der Waals surface area contributed by atoms with Crippen molar-refractivity contribution < 1.29 is 26.3 Å². The first kappa shape index (κ1) is 15.0. The lowest BCUT2D eigenvalue weighted by atomic mass is 10.1. The van der Waals surface area contributed by atoms with Gasteiger partial charge < -0.3 is 5.43 Å². The summed E-state index contributed by atoms with van der Waals surface area (Å²) in [4.78, 5) is 3.17. The monoisotopic (exact) mass is 251 g/mol. The maximum absolute atomic E-state index is 12.2. The molecule has 0 saturated carbocycles. The molecule has 0 radical (unpaired) electrons. The molecule has 0 rings (SSSR count). The highest BCUT2D eigenvalue weighted by molar-refractivity contribution is 5.85. The maximum atomic E-state index is 12.2. The SMILES string of the molecule is CC(C)N=C(NN)C(C(F)(F)F)C(F)(F)F. The van der Waals surface area contributed by atoms with Gasteiger partial charge in [0.05, 0.1) is 0 Å². The highest BCUT2D eigenvalue weighted by Gasteiger charge is 2.59. The molecule has 0 atom stereocenters. The van der Waals surface area contributed by atoms with Crippen molar-refractivity contribution in [1.82, 2.24) is 5.43 Å². The molecule has 0 aliphatic heterocycles. The second kappa shape index (κ2) is 4.89. The highest BCUT2D eigenvalue weighted by Crippen LogP contribution is 2.39. The van der Waals surface area contributed by atoms with Crippen molar-refractivity contribution >= 4 is 5.84 Å². The van der Waals surface area contributed by atoms with E-state index in [0.29, 0.717) is 0 Å². The first-order chi connectivity index (χ1) is 7.00. The Labute approximate surface area is 87.7 Å². The fourth-order valence-corrected chi connectivity index (χ4v) is 0.969. The summed E-state index contributed by atoms with van der Waals surface area (Å²) in [7, 11) is 0. The lowest BCUT2D eigenvalue weighted by Crippen LogP contribution is -2.50. The molecule has 0 aliphatic carbocycles. The van der Waals surface area contributed by atoms with Crippen molar-refractivity contribution in [2.75, 3.05) is 0 Å². The predicted octanol–water partition coefficient (Wildman–Crippen LogP) is 2.00. The number of hydrogen-bond acceptors (Lipinski definition) is 2.